The van der Waals surface area contributed by atoms with Gasteiger partial charge in [0, 0.05) is 17.5 Å². The second-order valence-corrected chi connectivity index (χ2v) is 6.46. The van der Waals surface area contributed by atoms with E-state index < -0.39 is 0 Å². The topological polar surface area (TPSA) is 44.8 Å². The number of rotatable bonds is 3. The van der Waals surface area contributed by atoms with Crippen molar-refractivity contribution in [3.8, 4) is 5.69 Å². The van der Waals surface area contributed by atoms with Gasteiger partial charge in [0.1, 0.15) is 11.2 Å². The van der Waals surface area contributed by atoms with Crippen LogP contribution >= 0.6 is 23.2 Å². The van der Waals surface area contributed by atoms with Gasteiger partial charge in [-0.3, -0.25) is 0 Å². The van der Waals surface area contributed by atoms with Crippen LogP contribution in [0.2, 0.25) is 10.0 Å². The summed E-state index contributed by atoms with van der Waals surface area (Å²) < 4.78 is 2.57. The molecule has 6 heteroatoms. The van der Waals surface area contributed by atoms with Crippen LogP contribution < -0.4 is 4.73 Å². The van der Waals surface area contributed by atoms with E-state index in [1.54, 1.807) is 28.9 Å². The number of halogens is 2. The van der Waals surface area contributed by atoms with Gasteiger partial charge < -0.3 is 5.21 Å². The van der Waals surface area contributed by atoms with E-state index in [4.69, 9.17) is 23.2 Å². The molecule has 0 N–H and O–H groups in total. The molecular weight excluding hydrogens is 321 g/mol. The lowest BCUT2D eigenvalue weighted by Gasteiger charge is -2.05. The highest BCUT2D eigenvalue weighted by molar-refractivity contribution is 6.35. The summed E-state index contributed by atoms with van der Waals surface area (Å²) in [5, 5.41) is 17.8. The molecule has 2 heterocycles. The summed E-state index contributed by atoms with van der Waals surface area (Å²) in [7, 11) is 0. The highest BCUT2D eigenvalue weighted by Crippen LogP contribution is 2.28. The van der Waals surface area contributed by atoms with E-state index in [-0.39, 0.29) is 0 Å². The molecule has 22 heavy (non-hydrogen) atoms. The van der Waals surface area contributed by atoms with Crippen LogP contribution in [0.15, 0.2) is 36.5 Å². The van der Waals surface area contributed by atoms with Crippen molar-refractivity contribution in [3.63, 3.8) is 0 Å². The second kappa shape index (κ2) is 5.78. The van der Waals surface area contributed by atoms with Gasteiger partial charge in [0.05, 0.1) is 10.7 Å². The first-order valence-electron chi connectivity index (χ1n) is 7.02. The molecule has 0 saturated carbocycles. The maximum Gasteiger partial charge on any atom is 0.265 e. The molecule has 3 aromatic rings. The quantitative estimate of drug-likeness (QED) is 0.532. The molecule has 0 aliphatic carbocycles. The molecule has 0 atom stereocenters. The maximum absolute atomic E-state index is 12.2. The zero-order valence-corrected chi connectivity index (χ0v) is 13.8. The van der Waals surface area contributed by atoms with E-state index in [2.05, 4.69) is 18.9 Å². The molecule has 0 bridgehead atoms. The molecule has 2 aromatic heterocycles. The molecule has 114 valence electrons. The van der Waals surface area contributed by atoms with Gasteiger partial charge in [0.2, 0.25) is 0 Å². The predicted octanol–water partition coefficient (Wildman–Crippen LogP) is 4.16. The Bertz CT molecular complexity index is 843. The molecule has 0 saturated heterocycles. The molecule has 3 rings (SSSR count). The minimum atomic E-state index is 0.396. The number of hydrogen-bond donors (Lipinski definition) is 0. The molecule has 0 unspecified atom stereocenters. The zero-order valence-electron chi connectivity index (χ0n) is 12.3. The van der Waals surface area contributed by atoms with Gasteiger partial charge in [-0.05, 0) is 30.2 Å². The monoisotopic (exact) mass is 335 g/mol. The van der Waals surface area contributed by atoms with E-state index in [1.165, 1.54) is 6.20 Å². The second-order valence-electron chi connectivity index (χ2n) is 5.62. The molecule has 0 radical (unpaired) electrons. The SMILES string of the molecule is CC(C)Cc1nn(-c2ccc(Cl)cc2Cl)c2ccc[n+]([O-])c12. The third kappa shape index (κ3) is 2.64. The largest absolute Gasteiger partial charge is 0.618 e. The zero-order chi connectivity index (χ0) is 15.9. The van der Waals surface area contributed by atoms with Crippen LogP contribution in [-0.2, 0) is 6.42 Å². The van der Waals surface area contributed by atoms with Crippen LogP contribution in [0, 0.1) is 11.1 Å². The van der Waals surface area contributed by atoms with Gasteiger partial charge in [-0.25, -0.2) is 4.68 Å². The first-order chi connectivity index (χ1) is 10.5. The Labute approximate surface area is 138 Å². The number of pyridine rings is 1. The average molecular weight is 336 g/mol. The lowest BCUT2D eigenvalue weighted by molar-refractivity contribution is -0.577. The Morgan fingerprint density at radius 3 is 2.73 bits per heavy atom. The number of hydrogen-bond acceptors (Lipinski definition) is 2. The van der Waals surface area contributed by atoms with Gasteiger partial charge in [0.15, 0.2) is 6.20 Å². The van der Waals surface area contributed by atoms with Crippen molar-refractivity contribution < 1.29 is 4.73 Å². The summed E-state index contributed by atoms with van der Waals surface area (Å²) in [5.74, 6) is 0.396. The maximum atomic E-state index is 12.2. The minimum absolute atomic E-state index is 0.396. The third-order valence-corrected chi connectivity index (χ3v) is 3.94. The van der Waals surface area contributed by atoms with Crippen molar-refractivity contribution in [2.75, 3.05) is 0 Å². The van der Waals surface area contributed by atoms with E-state index in [0.717, 1.165) is 22.4 Å². The standard InChI is InChI=1S/C16H15Cl2N3O/c1-10(2)8-13-16-15(4-3-7-20(16)22)21(19-13)14-6-5-11(17)9-12(14)18/h3-7,9-10H,8H2,1-2H3. The van der Waals surface area contributed by atoms with Crippen molar-refractivity contribution in [1.82, 2.24) is 9.78 Å². The molecule has 0 fully saturated rings. The van der Waals surface area contributed by atoms with E-state index in [1.807, 2.05) is 6.07 Å². The third-order valence-electron chi connectivity index (χ3n) is 3.40. The lowest BCUT2D eigenvalue weighted by atomic mass is 10.1. The number of fused-ring (bicyclic) bond motifs is 1. The molecule has 4 nitrogen and oxygen atoms in total. The molecule has 0 spiro atoms. The van der Waals surface area contributed by atoms with Crippen LogP contribution in [-0.4, -0.2) is 9.78 Å². The summed E-state index contributed by atoms with van der Waals surface area (Å²) >= 11 is 12.2. The van der Waals surface area contributed by atoms with Crippen molar-refractivity contribution in [2.45, 2.75) is 20.3 Å². The highest BCUT2D eigenvalue weighted by Gasteiger charge is 2.21. The highest BCUT2D eigenvalue weighted by atomic mass is 35.5. The number of aromatic nitrogens is 3. The van der Waals surface area contributed by atoms with Gasteiger partial charge in [-0.2, -0.15) is 9.83 Å². The van der Waals surface area contributed by atoms with E-state index >= 15 is 0 Å². The predicted molar refractivity (Wildman–Crippen MR) is 88.6 cm³/mol. The first-order valence-corrected chi connectivity index (χ1v) is 7.78. The van der Waals surface area contributed by atoms with Crippen LogP contribution in [0.5, 0.6) is 0 Å². The Balaban J connectivity index is 2.28. The van der Waals surface area contributed by atoms with Gasteiger partial charge in [-0.15, -0.1) is 0 Å². The van der Waals surface area contributed by atoms with E-state index in [0.29, 0.717) is 27.2 Å². The minimum Gasteiger partial charge on any atom is -0.618 e. The Hall–Kier alpha value is -1.78. The Kier molecular flexibility index (Phi) is 3.98. The fourth-order valence-electron chi connectivity index (χ4n) is 2.51. The molecular formula is C16H15Cl2N3O. The summed E-state index contributed by atoms with van der Waals surface area (Å²) in [5.41, 5.74) is 2.79. The van der Waals surface area contributed by atoms with Crippen molar-refractivity contribution in [2.24, 2.45) is 5.92 Å². The number of benzene rings is 1. The lowest BCUT2D eigenvalue weighted by Crippen LogP contribution is -2.26. The number of nitrogens with zero attached hydrogens (tertiary/aromatic N) is 3. The van der Waals surface area contributed by atoms with Crippen LogP contribution in [0.1, 0.15) is 19.5 Å². The summed E-state index contributed by atoms with van der Waals surface area (Å²) in [6.07, 6.45) is 2.21. The Morgan fingerprint density at radius 1 is 1.27 bits per heavy atom. The van der Waals surface area contributed by atoms with Crippen LogP contribution in [0.25, 0.3) is 16.7 Å². The summed E-state index contributed by atoms with van der Waals surface area (Å²) in [6.45, 7) is 4.19. The van der Waals surface area contributed by atoms with E-state index in [9.17, 15) is 5.21 Å². The fourth-order valence-corrected chi connectivity index (χ4v) is 3.00. The van der Waals surface area contributed by atoms with Crippen LogP contribution in [0.3, 0.4) is 0 Å². The van der Waals surface area contributed by atoms with Gasteiger partial charge in [-0.1, -0.05) is 37.0 Å². The molecule has 1 aromatic carbocycles. The molecule has 0 aliphatic rings. The van der Waals surface area contributed by atoms with Crippen molar-refractivity contribution in [1.29, 1.82) is 0 Å². The van der Waals surface area contributed by atoms with Gasteiger partial charge in [0.25, 0.3) is 5.52 Å². The molecule has 0 amide bonds. The van der Waals surface area contributed by atoms with Gasteiger partial charge >= 0.3 is 0 Å². The van der Waals surface area contributed by atoms with Crippen molar-refractivity contribution >= 4 is 34.2 Å². The normalized spacial score (nSPS) is 11.5. The fraction of sp³-hybridized carbons (Fsp3) is 0.250. The van der Waals surface area contributed by atoms with Crippen molar-refractivity contribution in [3.05, 3.63) is 57.5 Å². The Morgan fingerprint density at radius 2 is 2.05 bits per heavy atom. The average Bonchev–Trinajstić information content (AvgIpc) is 2.78. The summed E-state index contributed by atoms with van der Waals surface area (Å²) in [4.78, 5) is 0. The molecule has 0 aliphatic heterocycles. The smallest absolute Gasteiger partial charge is 0.265 e. The first kappa shape index (κ1) is 15.1. The van der Waals surface area contributed by atoms with Crippen LogP contribution in [0.4, 0.5) is 0 Å². The summed E-state index contributed by atoms with van der Waals surface area (Å²) in [6, 6.07) is 8.80.